The SMILES string of the molecule is CCCNC1COCC1C(=O)N1CCOC2CCCC21. The third kappa shape index (κ3) is 2.71. The van der Waals surface area contributed by atoms with Crippen molar-refractivity contribution < 1.29 is 14.3 Å². The highest BCUT2D eigenvalue weighted by Crippen LogP contribution is 2.31. The molecule has 3 fully saturated rings. The molecule has 0 aromatic carbocycles. The third-order valence-corrected chi connectivity index (χ3v) is 4.82. The van der Waals surface area contributed by atoms with Crippen LogP contribution in [0, 0.1) is 5.92 Å². The van der Waals surface area contributed by atoms with Gasteiger partial charge < -0.3 is 19.7 Å². The zero-order chi connectivity index (χ0) is 13.9. The van der Waals surface area contributed by atoms with Gasteiger partial charge in [-0.05, 0) is 32.2 Å². The number of nitrogens with one attached hydrogen (secondary N) is 1. The summed E-state index contributed by atoms with van der Waals surface area (Å²) < 4.78 is 11.3. The molecule has 114 valence electrons. The van der Waals surface area contributed by atoms with E-state index in [0.717, 1.165) is 32.4 Å². The fourth-order valence-electron chi connectivity index (χ4n) is 3.74. The van der Waals surface area contributed by atoms with Crippen molar-refractivity contribution in [3.8, 4) is 0 Å². The number of nitrogens with zero attached hydrogens (tertiary/aromatic N) is 1. The predicted molar refractivity (Wildman–Crippen MR) is 75.5 cm³/mol. The van der Waals surface area contributed by atoms with E-state index in [0.29, 0.717) is 25.9 Å². The summed E-state index contributed by atoms with van der Waals surface area (Å²) in [6.45, 7) is 5.76. The number of carbonyl (C=O) groups is 1. The van der Waals surface area contributed by atoms with Crippen LogP contribution in [0.2, 0.25) is 0 Å². The molecular weight excluding hydrogens is 256 g/mol. The Hall–Kier alpha value is -0.650. The summed E-state index contributed by atoms with van der Waals surface area (Å²) in [6, 6.07) is 0.494. The Morgan fingerprint density at radius 1 is 1.35 bits per heavy atom. The smallest absolute Gasteiger partial charge is 0.230 e. The van der Waals surface area contributed by atoms with Gasteiger partial charge in [-0.1, -0.05) is 6.92 Å². The summed E-state index contributed by atoms with van der Waals surface area (Å²) in [4.78, 5) is 15.0. The van der Waals surface area contributed by atoms with E-state index in [2.05, 4.69) is 17.1 Å². The number of fused-ring (bicyclic) bond motifs is 1. The Morgan fingerprint density at radius 2 is 2.25 bits per heavy atom. The van der Waals surface area contributed by atoms with Crippen LogP contribution in [0.25, 0.3) is 0 Å². The molecule has 0 aromatic rings. The zero-order valence-electron chi connectivity index (χ0n) is 12.3. The van der Waals surface area contributed by atoms with Gasteiger partial charge in [0.1, 0.15) is 0 Å². The molecule has 1 saturated carbocycles. The number of hydrogen-bond acceptors (Lipinski definition) is 4. The Kier molecular flexibility index (Phi) is 4.58. The largest absolute Gasteiger partial charge is 0.379 e. The molecule has 0 radical (unpaired) electrons. The lowest BCUT2D eigenvalue weighted by atomic mass is 9.99. The Labute approximate surface area is 121 Å². The van der Waals surface area contributed by atoms with Gasteiger partial charge in [0.05, 0.1) is 37.9 Å². The van der Waals surface area contributed by atoms with Gasteiger partial charge in [0.15, 0.2) is 0 Å². The first kappa shape index (κ1) is 14.3. The Balaban J connectivity index is 1.64. The van der Waals surface area contributed by atoms with Crippen LogP contribution in [0.15, 0.2) is 0 Å². The van der Waals surface area contributed by atoms with Crippen molar-refractivity contribution in [3.05, 3.63) is 0 Å². The summed E-state index contributed by atoms with van der Waals surface area (Å²) in [7, 11) is 0. The van der Waals surface area contributed by atoms with Crippen molar-refractivity contribution in [1.29, 1.82) is 0 Å². The van der Waals surface area contributed by atoms with Gasteiger partial charge >= 0.3 is 0 Å². The third-order valence-electron chi connectivity index (χ3n) is 4.82. The second-order valence-electron chi connectivity index (χ2n) is 6.14. The van der Waals surface area contributed by atoms with E-state index in [1.54, 1.807) is 0 Å². The molecule has 4 unspecified atom stereocenters. The lowest BCUT2D eigenvalue weighted by Gasteiger charge is -2.39. The molecule has 20 heavy (non-hydrogen) atoms. The first-order valence-electron chi connectivity index (χ1n) is 8.04. The molecule has 1 amide bonds. The van der Waals surface area contributed by atoms with Crippen molar-refractivity contribution in [2.45, 2.75) is 50.8 Å². The van der Waals surface area contributed by atoms with Crippen LogP contribution >= 0.6 is 0 Å². The van der Waals surface area contributed by atoms with Crippen LogP contribution in [0.3, 0.4) is 0 Å². The highest BCUT2D eigenvalue weighted by molar-refractivity contribution is 5.80. The van der Waals surface area contributed by atoms with Gasteiger partial charge in [-0.2, -0.15) is 0 Å². The number of carbonyl (C=O) groups excluding carboxylic acids is 1. The minimum atomic E-state index is -0.0131. The Bertz CT molecular complexity index is 350. The number of hydrogen-bond donors (Lipinski definition) is 1. The highest BCUT2D eigenvalue weighted by atomic mass is 16.5. The van der Waals surface area contributed by atoms with Crippen LogP contribution in [-0.4, -0.2) is 61.9 Å². The summed E-state index contributed by atoms with van der Waals surface area (Å²) in [6.07, 6.45) is 4.74. The van der Waals surface area contributed by atoms with Gasteiger partial charge in [0, 0.05) is 12.6 Å². The summed E-state index contributed by atoms with van der Waals surface area (Å²) in [5.41, 5.74) is 0. The molecule has 2 heterocycles. The fraction of sp³-hybridized carbons (Fsp3) is 0.933. The van der Waals surface area contributed by atoms with Gasteiger partial charge in [-0.15, -0.1) is 0 Å². The summed E-state index contributed by atoms with van der Waals surface area (Å²) in [5, 5.41) is 3.46. The van der Waals surface area contributed by atoms with Crippen molar-refractivity contribution in [1.82, 2.24) is 10.2 Å². The highest BCUT2D eigenvalue weighted by Gasteiger charge is 2.43. The van der Waals surface area contributed by atoms with Gasteiger partial charge in [0.2, 0.25) is 5.91 Å². The maximum atomic E-state index is 12.9. The lowest BCUT2D eigenvalue weighted by Crippen LogP contribution is -2.55. The maximum Gasteiger partial charge on any atom is 0.230 e. The van der Waals surface area contributed by atoms with Crippen molar-refractivity contribution in [2.24, 2.45) is 5.92 Å². The Morgan fingerprint density at radius 3 is 3.10 bits per heavy atom. The lowest BCUT2D eigenvalue weighted by molar-refractivity contribution is -0.148. The molecule has 0 spiro atoms. The fourth-order valence-corrected chi connectivity index (χ4v) is 3.74. The molecule has 3 rings (SSSR count). The number of morpholine rings is 1. The summed E-state index contributed by atoms with van der Waals surface area (Å²) in [5.74, 6) is 0.261. The van der Waals surface area contributed by atoms with Crippen LogP contribution in [-0.2, 0) is 14.3 Å². The second-order valence-corrected chi connectivity index (χ2v) is 6.14. The second kappa shape index (κ2) is 6.41. The number of ether oxygens (including phenoxy) is 2. The topological polar surface area (TPSA) is 50.8 Å². The summed E-state index contributed by atoms with van der Waals surface area (Å²) >= 11 is 0. The van der Waals surface area contributed by atoms with E-state index in [9.17, 15) is 4.79 Å². The molecule has 5 nitrogen and oxygen atoms in total. The van der Waals surface area contributed by atoms with Gasteiger partial charge in [0.25, 0.3) is 0 Å². The van der Waals surface area contributed by atoms with Crippen molar-refractivity contribution in [3.63, 3.8) is 0 Å². The van der Waals surface area contributed by atoms with E-state index in [-0.39, 0.29) is 24.0 Å². The molecule has 0 aromatic heterocycles. The van der Waals surface area contributed by atoms with Gasteiger partial charge in [-0.3, -0.25) is 4.79 Å². The predicted octanol–water partition coefficient (Wildman–Crippen LogP) is 0.781. The standard InChI is InChI=1S/C15H26N2O3/c1-2-6-16-12-10-19-9-11(12)15(18)17-7-8-20-14-5-3-4-13(14)17/h11-14,16H,2-10H2,1H3. The van der Waals surface area contributed by atoms with Crippen LogP contribution < -0.4 is 5.32 Å². The molecule has 3 aliphatic rings. The first-order valence-corrected chi connectivity index (χ1v) is 8.04. The van der Waals surface area contributed by atoms with Crippen molar-refractivity contribution >= 4 is 5.91 Å². The first-order chi connectivity index (χ1) is 9.81. The van der Waals surface area contributed by atoms with E-state index >= 15 is 0 Å². The van der Waals surface area contributed by atoms with E-state index in [1.807, 2.05) is 0 Å². The van der Waals surface area contributed by atoms with E-state index < -0.39 is 0 Å². The quantitative estimate of drug-likeness (QED) is 0.828. The van der Waals surface area contributed by atoms with Crippen molar-refractivity contribution in [2.75, 3.05) is 32.9 Å². The minimum absolute atomic E-state index is 0.0131. The number of rotatable bonds is 4. The minimum Gasteiger partial charge on any atom is -0.379 e. The van der Waals surface area contributed by atoms with Crippen LogP contribution in [0.5, 0.6) is 0 Å². The van der Waals surface area contributed by atoms with Crippen LogP contribution in [0.4, 0.5) is 0 Å². The maximum absolute atomic E-state index is 12.9. The normalized spacial score (nSPS) is 37.1. The van der Waals surface area contributed by atoms with Crippen LogP contribution in [0.1, 0.15) is 32.6 Å². The van der Waals surface area contributed by atoms with E-state index in [4.69, 9.17) is 9.47 Å². The molecule has 2 aliphatic heterocycles. The molecule has 1 N–H and O–H groups in total. The average Bonchev–Trinajstić information content (AvgIpc) is 3.12. The molecular formula is C15H26N2O3. The molecule has 0 bridgehead atoms. The molecule has 2 saturated heterocycles. The zero-order valence-corrected chi connectivity index (χ0v) is 12.3. The molecule has 4 atom stereocenters. The van der Waals surface area contributed by atoms with Gasteiger partial charge in [-0.25, -0.2) is 0 Å². The average molecular weight is 282 g/mol. The monoisotopic (exact) mass is 282 g/mol. The number of amides is 1. The molecule has 1 aliphatic carbocycles. The van der Waals surface area contributed by atoms with E-state index in [1.165, 1.54) is 6.42 Å². The molecule has 5 heteroatoms.